The summed E-state index contributed by atoms with van der Waals surface area (Å²) < 4.78 is 14.2. The maximum absolute atomic E-state index is 14.2. The first kappa shape index (κ1) is 21.2. The van der Waals surface area contributed by atoms with Crippen LogP contribution in [0.5, 0.6) is 0 Å². The Balaban J connectivity index is 1.68. The van der Waals surface area contributed by atoms with E-state index in [1.54, 1.807) is 6.07 Å². The van der Waals surface area contributed by atoms with E-state index in [0.29, 0.717) is 15.7 Å². The van der Waals surface area contributed by atoms with E-state index in [0.717, 1.165) is 36.1 Å². The number of anilines is 2. The SMILES string of the molecule is C#CC(C)(CCCc1ccc(F)c(Nc2ccccc2)c1)c1ccc(Cl)c(Cl)c1. The molecule has 0 saturated heterocycles. The lowest BCUT2D eigenvalue weighted by atomic mass is 9.78. The molecule has 4 heteroatoms. The highest BCUT2D eigenvalue weighted by Gasteiger charge is 2.24. The lowest BCUT2D eigenvalue weighted by molar-refractivity contribution is 0.533. The second kappa shape index (κ2) is 9.35. The molecule has 1 nitrogen and oxygen atoms in total. The molecule has 1 atom stereocenters. The maximum atomic E-state index is 14.2. The van der Waals surface area contributed by atoms with Gasteiger partial charge in [0.25, 0.3) is 0 Å². The molecule has 0 amide bonds. The smallest absolute Gasteiger partial charge is 0.146 e. The molecule has 0 aliphatic heterocycles. The molecule has 1 unspecified atom stereocenters. The summed E-state index contributed by atoms with van der Waals surface area (Å²) in [6.45, 7) is 2.03. The first-order valence-corrected chi connectivity index (χ1v) is 10.2. The Bertz CT molecular complexity index is 1030. The second-order valence-corrected chi connectivity index (χ2v) is 8.08. The predicted molar refractivity (Wildman–Crippen MR) is 122 cm³/mol. The van der Waals surface area contributed by atoms with Gasteiger partial charge in [-0.25, -0.2) is 4.39 Å². The molecule has 29 heavy (non-hydrogen) atoms. The highest BCUT2D eigenvalue weighted by atomic mass is 35.5. The maximum Gasteiger partial charge on any atom is 0.146 e. The summed E-state index contributed by atoms with van der Waals surface area (Å²) >= 11 is 12.2. The molecule has 0 fully saturated rings. The molecule has 0 aliphatic rings. The van der Waals surface area contributed by atoms with Crippen LogP contribution in [-0.2, 0) is 11.8 Å². The summed E-state index contributed by atoms with van der Waals surface area (Å²) in [7, 11) is 0. The third-order valence-corrected chi connectivity index (χ3v) is 5.84. The topological polar surface area (TPSA) is 12.0 Å². The fourth-order valence-electron chi connectivity index (χ4n) is 3.29. The Morgan fingerprint density at radius 2 is 1.76 bits per heavy atom. The van der Waals surface area contributed by atoms with Gasteiger partial charge in [-0.05, 0) is 73.7 Å². The van der Waals surface area contributed by atoms with Gasteiger partial charge in [-0.2, -0.15) is 0 Å². The van der Waals surface area contributed by atoms with E-state index in [2.05, 4.69) is 11.2 Å². The van der Waals surface area contributed by atoms with Crippen LogP contribution in [0.25, 0.3) is 0 Å². The highest BCUT2D eigenvalue weighted by molar-refractivity contribution is 6.42. The molecule has 3 aromatic carbocycles. The molecular formula is C25H22Cl2FN. The third kappa shape index (κ3) is 5.32. The van der Waals surface area contributed by atoms with E-state index < -0.39 is 5.41 Å². The molecule has 0 spiro atoms. The largest absolute Gasteiger partial charge is 0.353 e. The number of hydrogen-bond donors (Lipinski definition) is 1. The van der Waals surface area contributed by atoms with Crippen LogP contribution in [0, 0.1) is 18.2 Å². The van der Waals surface area contributed by atoms with Gasteiger partial charge in [0, 0.05) is 5.69 Å². The third-order valence-electron chi connectivity index (χ3n) is 5.10. The minimum absolute atomic E-state index is 0.276. The molecule has 1 N–H and O–H groups in total. The number of nitrogens with one attached hydrogen (secondary N) is 1. The first-order valence-electron chi connectivity index (χ1n) is 9.45. The summed E-state index contributed by atoms with van der Waals surface area (Å²) in [5.41, 5.74) is 2.90. The number of benzene rings is 3. The van der Waals surface area contributed by atoms with Gasteiger partial charge in [-0.3, -0.25) is 0 Å². The molecule has 0 radical (unpaired) electrons. The molecule has 3 aromatic rings. The van der Waals surface area contributed by atoms with Crippen LogP contribution in [0.3, 0.4) is 0 Å². The number of para-hydroxylation sites is 1. The van der Waals surface area contributed by atoms with Gasteiger partial charge in [0.15, 0.2) is 0 Å². The monoisotopic (exact) mass is 425 g/mol. The average Bonchev–Trinajstić information content (AvgIpc) is 2.73. The lowest BCUT2D eigenvalue weighted by Gasteiger charge is -2.24. The minimum Gasteiger partial charge on any atom is -0.353 e. The molecule has 0 heterocycles. The van der Waals surface area contributed by atoms with E-state index in [-0.39, 0.29) is 5.82 Å². The molecule has 0 aromatic heterocycles. The average molecular weight is 426 g/mol. The zero-order valence-corrected chi connectivity index (χ0v) is 17.7. The van der Waals surface area contributed by atoms with Crippen molar-refractivity contribution in [3.8, 4) is 12.3 Å². The minimum atomic E-state index is -0.445. The van der Waals surface area contributed by atoms with Crippen molar-refractivity contribution in [2.45, 2.75) is 31.6 Å². The van der Waals surface area contributed by atoms with Gasteiger partial charge in [-0.15, -0.1) is 6.42 Å². The van der Waals surface area contributed by atoms with E-state index in [9.17, 15) is 4.39 Å². The fraction of sp³-hybridized carbons (Fsp3) is 0.200. The van der Waals surface area contributed by atoms with Crippen molar-refractivity contribution in [1.29, 1.82) is 0 Å². The quantitative estimate of drug-likeness (QED) is 0.380. The Morgan fingerprint density at radius 3 is 2.45 bits per heavy atom. The fourth-order valence-corrected chi connectivity index (χ4v) is 3.58. The van der Waals surface area contributed by atoms with Crippen molar-refractivity contribution in [1.82, 2.24) is 0 Å². The number of rotatable bonds is 7. The van der Waals surface area contributed by atoms with Crippen LogP contribution < -0.4 is 5.32 Å². The lowest BCUT2D eigenvalue weighted by Crippen LogP contribution is -2.19. The van der Waals surface area contributed by atoms with Gasteiger partial charge >= 0.3 is 0 Å². The van der Waals surface area contributed by atoms with Gasteiger partial charge in [0.05, 0.1) is 21.1 Å². The Labute approximate surface area is 181 Å². The number of aryl methyl sites for hydroxylation is 1. The Hall–Kier alpha value is -2.47. The van der Waals surface area contributed by atoms with Gasteiger partial charge in [-0.1, -0.05) is 59.5 Å². The summed E-state index contributed by atoms with van der Waals surface area (Å²) in [4.78, 5) is 0. The molecular weight excluding hydrogens is 404 g/mol. The van der Waals surface area contributed by atoms with Crippen LogP contribution in [0.1, 0.15) is 30.9 Å². The van der Waals surface area contributed by atoms with Crippen molar-refractivity contribution in [3.05, 3.63) is 93.7 Å². The van der Waals surface area contributed by atoms with Gasteiger partial charge in [0.2, 0.25) is 0 Å². The van der Waals surface area contributed by atoms with Crippen LogP contribution in [0.4, 0.5) is 15.8 Å². The van der Waals surface area contributed by atoms with Crippen LogP contribution >= 0.6 is 23.2 Å². The zero-order chi connectivity index (χ0) is 20.9. The summed E-state index contributed by atoms with van der Waals surface area (Å²) in [5, 5.41) is 4.15. The molecule has 0 aliphatic carbocycles. The first-order chi connectivity index (χ1) is 13.9. The van der Waals surface area contributed by atoms with Crippen LogP contribution in [-0.4, -0.2) is 0 Å². The van der Waals surface area contributed by atoms with E-state index >= 15 is 0 Å². The number of halogens is 3. The van der Waals surface area contributed by atoms with Gasteiger partial charge < -0.3 is 5.32 Å². The summed E-state index contributed by atoms with van der Waals surface area (Å²) in [5.74, 6) is 2.63. The Morgan fingerprint density at radius 1 is 1.00 bits per heavy atom. The van der Waals surface area contributed by atoms with Crippen LogP contribution in [0.2, 0.25) is 10.0 Å². The van der Waals surface area contributed by atoms with Crippen molar-refractivity contribution in [3.63, 3.8) is 0 Å². The van der Waals surface area contributed by atoms with Gasteiger partial charge in [0.1, 0.15) is 5.82 Å². The molecule has 148 valence electrons. The second-order valence-electron chi connectivity index (χ2n) is 7.26. The van der Waals surface area contributed by atoms with E-state index in [4.69, 9.17) is 29.6 Å². The van der Waals surface area contributed by atoms with Crippen molar-refractivity contribution >= 4 is 34.6 Å². The number of terminal acetylenes is 1. The van der Waals surface area contributed by atoms with Crippen molar-refractivity contribution in [2.24, 2.45) is 0 Å². The summed E-state index contributed by atoms with van der Waals surface area (Å²) in [6.07, 6.45) is 8.28. The van der Waals surface area contributed by atoms with Crippen molar-refractivity contribution < 1.29 is 4.39 Å². The van der Waals surface area contributed by atoms with Crippen molar-refractivity contribution in [2.75, 3.05) is 5.32 Å². The zero-order valence-electron chi connectivity index (χ0n) is 16.2. The number of hydrogen-bond acceptors (Lipinski definition) is 1. The Kier molecular flexibility index (Phi) is 6.85. The molecule has 0 saturated carbocycles. The predicted octanol–water partition coefficient (Wildman–Crippen LogP) is 7.79. The van der Waals surface area contributed by atoms with Crippen LogP contribution in [0.15, 0.2) is 66.7 Å². The standard InChI is InChI=1S/C25H22Cl2FN/c1-3-25(2,19-12-13-21(26)22(27)17-19)15-7-8-18-11-14-23(28)24(16-18)29-20-9-5-4-6-10-20/h1,4-6,9-14,16-17,29H,7-8,15H2,2H3. The molecule has 3 rings (SSSR count). The summed E-state index contributed by atoms with van der Waals surface area (Å²) in [6, 6.07) is 20.3. The normalized spacial score (nSPS) is 12.8. The van der Waals surface area contributed by atoms with E-state index in [1.807, 2.05) is 61.5 Å². The van der Waals surface area contributed by atoms with E-state index in [1.165, 1.54) is 6.07 Å². The molecule has 0 bridgehead atoms. The highest BCUT2D eigenvalue weighted by Crippen LogP contribution is 2.33.